The smallest absolute Gasteiger partial charge is 0.00787 e. The van der Waals surface area contributed by atoms with Gasteiger partial charge in [0, 0.05) is 12.1 Å². The molecule has 11 heavy (non-hydrogen) atoms. The Morgan fingerprint density at radius 1 is 1.27 bits per heavy atom. The van der Waals surface area contributed by atoms with E-state index in [1.807, 2.05) is 0 Å². The molecule has 0 amide bonds. The van der Waals surface area contributed by atoms with Crippen molar-refractivity contribution in [3.8, 4) is 0 Å². The molecule has 0 aliphatic carbocycles. The van der Waals surface area contributed by atoms with Gasteiger partial charge in [0.1, 0.15) is 0 Å². The lowest BCUT2D eigenvalue weighted by Crippen LogP contribution is -2.37. The quantitative estimate of drug-likeness (QED) is 0.656. The molecule has 0 saturated heterocycles. The standard InChI is InChI=1S/C9H22N2/c1-5-8(2)11(4)9(3)6-7-10/h8-9H,5-7,10H2,1-4H3. The van der Waals surface area contributed by atoms with Gasteiger partial charge in [-0.3, -0.25) is 0 Å². The Morgan fingerprint density at radius 2 is 1.82 bits per heavy atom. The molecule has 2 N–H and O–H groups in total. The predicted molar refractivity (Wildman–Crippen MR) is 50.6 cm³/mol. The average Bonchev–Trinajstić information content (AvgIpc) is 2.02. The molecule has 0 bridgehead atoms. The first-order chi connectivity index (χ1) is 5.13. The number of nitrogens with two attached hydrogens (primary N) is 1. The fraction of sp³-hybridized carbons (Fsp3) is 1.00. The van der Waals surface area contributed by atoms with Crippen molar-refractivity contribution in [2.75, 3.05) is 13.6 Å². The van der Waals surface area contributed by atoms with Crippen molar-refractivity contribution in [2.45, 2.75) is 45.7 Å². The maximum atomic E-state index is 5.48. The summed E-state index contributed by atoms with van der Waals surface area (Å²) in [5, 5.41) is 0. The van der Waals surface area contributed by atoms with E-state index < -0.39 is 0 Å². The van der Waals surface area contributed by atoms with Gasteiger partial charge >= 0.3 is 0 Å². The summed E-state index contributed by atoms with van der Waals surface area (Å²) in [4.78, 5) is 2.40. The summed E-state index contributed by atoms with van der Waals surface area (Å²) >= 11 is 0. The molecule has 0 spiro atoms. The fourth-order valence-electron chi connectivity index (χ4n) is 1.17. The predicted octanol–water partition coefficient (Wildman–Crippen LogP) is 1.45. The molecule has 2 heteroatoms. The van der Waals surface area contributed by atoms with Crippen molar-refractivity contribution < 1.29 is 0 Å². The molecule has 0 aliphatic rings. The van der Waals surface area contributed by atoms with Crippen LogP contribution in [-0.4, -0.2) is 30.6 Å². The second-order valence-corrected chi connectivity index (χ2v) is 3.35. The highest BCUT2D eigenvalue weighted by Gasteiger charge is 2.12. The van der Waals surface area contributed by atoms with Crippen LogP contribution in [0.2, 0.25) is 0 Å². The van der Waals surface area contributed by atoms with E-state index in [4.69, 9.17) is 5.73 Å². The summed E-state index contributed by atoms with van der Waals surface area (Å²) < 4.78 is 0. The molecule has 68 valence electrons. The molecule has 0 aromatic carbocycles. The minimum atomic E-state index is 0.620. The first-order valence-electron chi connectivity index (χ1n) is 4.55. The normalized spacial score (nSPS) is 16.9. The molecule has 0 aromatic rings. The summed E-state index contributed by atoms with van der Waals surface area (Å²) in [5.41, 5.74) is 5.48. The Hall–Kier alpha value is -0.0800. The van der Waals surface area contributed by atoms with Crippen molar-refractivity contribution in [3.63, 3.8) is 0 Å². The molecular weight excluding hydrogens is 136 g/mol. The molecule has 0 rings (SSSR count). The van der Waals surface area contributed by atoms with E-state index in [1.165, 1.54) is 6.42 Å². The van der Waals surface area contributed by atoms with E-state index in [-0.39, 0.29) is 0 Å². The summed E-state index contributed by atoms with van der Waals surface area (Å²) in [6.07, 6.45) is 2.31. The molecule has 0 aliphatic heterocycles. The second-order valence-electron chi connectivity index (χ2n) is 3.35. The van der Waals surface area contributed by atoms with Crippen molar-refractivity contribution >= 4 is 0 Å². The Balaban J connectivity index is 3.70. The van der Waals surface area contributed by atoms with Crippen LogP contribution in [0.1, 0.15) is 33.6 Å². The topological polar surface area (TPSA) is 29.3 Å². The van der Waals surface area contributed by atoms with Gasteiger partial charge in [-0.05, 0) is 40.3 Å². The van der Waals surface area contributed by atoms with Crippen LogP contribution in [-0.2, 0) is 0 Å². The molecule has 0 fully saturated rings. The molecular formula is C9H22N2. The number of rotatable bonds is 5. The van der Waals surface area contributed by atoms with E-state index in [9.17, 15) is 0 Å². The fourth-order valence-corrected chi connectivity index (χ4v) is 1.17. The van der Waals surface area contributed by atoms with E-state index in [0.717, 1.165) is 13.0 Å². The third-order valence-corrected chi connectivity index (χ3v) is 2.57. The maximum absolute atomic E-state index is 5.48. The molecule has 0 radical (unpaired) electrons. The first kappa shape index (κ1) is 10.9. The third-order valence-electron chi connectivity index (χ3n) is 2.57. The highest BCUT2D eigenvalue weighted by atomic mass is 15.1. The summed E-state index contributed by atoms with van der Waals surface area (Å²) in [6, 6.07) is 1.30. The van der Waals surface area contributed by atoms with Crippen LogP contribution >= 0.6 is 0 Å². The van der Waals surface area contributed by atoms with Gasteiger partial charge in [-0.15, -0.1) is 0 Å². The lowest BCUT2D eigenvalue weighted by molar-refractivity contribution is 0.185. The van der Waals surface area contributed by atoms with E-state index in [2.05, 4.69) is 32.7 Å². The minimum absolute atomic E-state index is 0.620. The monoisotopic (exact) mass is 158 g/mol. The number of nitrogens with zero attached hydrogens (tertiary/aromatic N) is 1. The lowest BCUT2D eigenvalue weighted by Gasteiger charge is -2.29. The van der Waals surface area contributed by atoms with Crippen molar-refractivity contribution in [1.29, 1.82) is 0 Å². The van der Waals surface area contributed by atoms with Gasteiger partial charge in [0.2, 0.25) is 0 Å². The van der Waals surface area contributed by atoms with E-state index >= 15 is 0 Å². The van der Waals surface area contributed by atoms with Crippen LogP contribution in [0.3, 0.4) is 0 Å². The van der Waals surface area contributed by atoms with Crippen molar-refractivity contribution in [2.24, 2.45) is 5.73 Å². The first-order valence-corrected chi connectivity index (χ1v) is 4.55. The molecule has 0 heterocycles. The van der Waals surface area contributed by atoms with Gasteiger partial charge in [0.25, 0.3) is 0 Å². The Morgan fingerprint density at radius 3 is 2.18 bits per heavy atom. The molecule has 2 nitrogen and oxygen atoms in total. The Kier molecular flexibility index (Phi) is 5.51. The van der Waals surface area contributed by atoms with Crippen LogP contribution in [0.5, 0.6) is 0 Å². The van der Waals surface area contributed by atoms with Gasteiger partial charge < -0.3 is 10.6 Å². The molecule has 0 aromatic heterocycles. The SMILES string of the molecule is CCC(C)N(C)C(C)CCN. The van der Waals surface area contributed by atoms with Crippen LogP contribution in [0.15, 0.2) is 0 Å². The highest BCUT2D eigenvalue weighted by Crippen LogP contribution is 2.07. The second kappa shape index (κ2) is 5.56. The molecule has 0 saturated carbocycles. The third kappa shape index (κ3) is 3.73. The van der Waals surface area contributed by atoms with Gasteiger partial charge in [0.05, 0.1) is 0 Å². The van der Waals surface area contributed by atoms with Gasteiger partial charge in [-0.2, -0.15) is 0 Å². The van der Waals surface area contributed by atoms with Crippen molar-refractivity contribution in [1.82, 2.24) is 4.90 Å². The van der Waals surface area contributed by atoms with Crippen LogP contribution in [0.4, 0.5) is 0 Å². The van der Waals surface area contributed by atoms with Crippen LogP contribution in [0.25, 0.3) is 0 Å². The summed E-state index contributed by atoms with van der Waals surface area (Å²) in [6.45, 7) is 7.50. The Labute approximate surface area is 70.8 Å². The van der Waals surface area contributed by atoms with E-state index in [0.29, 0.717) is 12.1 Å². The number of hydrogen-bond acceptors (Lipinski definition) is 2. The zero-order chi connectivity index (χ0) is 8.85. The zero-order valence-electron chi connectivity index (χ0n) is 8.30. The van der Waals surface area contributed by atoms with Gasteiger partial charge in [0.15, 0.2) is 0 Å². The largest absolute Gasteiger partial charge is 0.330 e. The van der Waals surface area contributed by atoms with Gasteiger partial charge in [-0.1, -0.05) is 6.92 Å². The number of hydrogen-bond donors (Lipinski definition) is 1. The minimum Gasteiger partial charge on any atom is -0.330 e. The average molecular weight is 158 g/mol. The maximum Gasteiger partial charge on any atom is 0.00787 e. The molecule has 2 atom stereocenters. The van der Waals surface area contributed by atoms with E-state index in [1.54, 1.807) is 0 Å². The van der Waals surface area contributed by atoms with Gasteiger partial charge in [-0.25, -0.2) is 0 Å². The lowest BCUT2D eigenvalue weighted by atomic mass is 10.1. The Bertz CT molecular complexity index is 93.6. The van der Waals surface area contributed by atoms with Crippen LogP contribution < -0.4 is 5.73 Å². The summed E-state index contributed by atoms with van der Waals surface area (Å²) in [7, 11) is 2.18. The highest BCUT2D eigenvalue weighted by molar-refractivity contribution is 4.68. The van der Waals surface area contributed by atoms with Crippen LogP contribution in [0, 0.1) is 0 Å². The molecule has 2 unspecified atom stereocenters. The zero-order valence-corrected chi connectivity index (χ0v) is 8.30. The van der Waals surface area contributed by atoms with Crippen molar-refractivity contribution in [3.05, 3.63) is 0 Å². The summed E-state index contributed by atoms with van der Waals surface area (Å²) in [5.74, 6) is 0.